The van der Waals surface area contributed by atoms with Gasteiger partial charge in [0.25, 0.3) is 0 Å². The highest BCUT2D eigenvalue weighted by atomic mass is 35.5. The zero-order valence-electron chi connectivity index (χ0n) is 13.8. The van der Waals surface area contributed by atoms with Crippen LogP contribution in [0.5, 0.6) is 11.5 Å². The number of rotatable bonds is 4. The Bertz CT molecular complexity index is 835. The van der Waals surface area contributed by atoms with Gasteiger partial charge in [-0.25, -0.2) is 4.99 Å². The second-order valence-electron chi connectivity index (χ2n) is 5.29. The summed E-state index contributed by atoms with van der Waals surface area (Å²) in [5.41, 5.74) is 13.6. The van der Waals surface area contributed by atoms with E-state index in [1.54, 1.807) is 31.3 Å². The molecule has 1 heterocycles. The van der Waals surface area contributed by atoms with Crippen LogP contribution < -0.4 is 25.8 Å². The van der Waals surface area contributed by atoms with E-state index in [2.05, 4.69) is 9.98 Å². The van der Waals surface area contributed by atoms with Crippen LogP contribution in [0.4, 0.5) is 5.69 Å². The number of methoxy groups -OCH3 is 2. The molecule has 1 atom stereocenters. The van der Waals surface area contributed by atoms with Crippen molar-refractivity contribution in [2.45, 2.75) is 6.17 Å². The first-order valence-electron chi connectivity index (χ1n) is 7.47. The number of anilines is 1. The summed E-state index contributed by atoms with van der Waals surface area (Å²) in [5, 5.41) is 0.627. The lowest BCUT2D eigenvalue weighted by atomic mass is 10.1. The van der Waals surface area contributed by atoms with Gasteiger partial charge in [0, 0.05) is 16.3 Å². The van der Waals surface area contributed by atoms with Crippen LogP contribution in [0, 0.1) is 0 Å². The fraction of sp³-hybridized carbons (Fsp3) is 0.176. The van der Waals surface area contributed by atoms with Crippen LogP contribution in [0.3, 0.4) is 0 Å². The smallest absolute Gasteiger partial charge is 0.221 e. The van der Waals surface area contributed by atoms with Crippen molar-refractivity contribution in [3.05, 3.63) is 53.1 Å². The van der Waals surface area contributed by atoms with E-state index in [4.69, 9.17) is 32.5 Å². The highest BCUT2D eigenvalue weighted by Crippen LogP contribution is 2.35. The summed E-state index contributed by atoms with van der Waals surface area (Å²) < 4.78 is 10.7. The normalized spacial score (nSPS) is 16.9. The summed E-state index contributed by atoms with van der Waals surface area (Å²) in [6.45, 7) is 0. The fourth-order valence-electron chi connectivity index (χ4n) is 2.62. The molecule has 0 aliphatic carbocycles. The van der Waals surface area contributed by atoms with Gasteiger partial charge in [0.2, 0.25) is 11.9 Å². The third-order valence-electron chi connectivity index (χ3n) is 3.79. The molecule has 0 saturated carbocycles. The Hall–Kier alpha value is -2.93. The number of aliphatic imine (C=N–C) groups is 2. The average molecular weight is 360 g/mol. The van der Waals surface area contributed by atoms with Gasteiger partial charge in [-0.15, -0.1) is 0 Å². The first-order valence-corrected chi connectivity index (χ1v) is 7.85. The minimum atomic E-state index is -0.488. The number of hydrogen-bond acceptors (Lipinski definition) is 7. The number of benzene rings is 2. The molecule has 7 nitrogen and oxygen atoms in total. The minimum absolute atomic E-state index is 0.113. The predicted molar refractivity (Wildman–Crippen MR) is 99.5 cm³/mol. The van der Waals surface area contributed by atoms with Gasteiger partial charge < -0.3 is 20.9 Å². The molecule has 0 fully saturated rings. The van der Waals surface area contributed by atoms with E-state index in [-0.39, 0.29) is 11.9 Å². The van der Waals surface area contributed by atoms with Crippen LogP contribution >= 0.6 is 11.6 Å². The van der Waals surface area contributed by atoms with Crippen LogP contribution in [-0.4, -0.2) is 26.1 Å². The molecule has 0 unspecified atom stereocenters. The number of hydrogen-bond donors (Lipinski definition) is 2. The maximum Gasteiger partial charge on any atom is 0.221 e. The lowest BCUT2D eigenvalue weighted by Gasteiger charge is -2.33. The van der Waals surface area contributed by atoms with Crippen molar-refractivity contribution in [1.82, 2.24) is 0 Å². The summed E-state index contributed by atoms with van der Waals surface area (Å²) in [6.07, 6.45) is -0.488. The van der Waals surface area contributed by atoms with Gasteiger partial charge in [-0.2, -0.15) is 4.99 Å². The number of nitrogens with two attached hydrogens (primary N) is 2. The maximum absolute atomic E-state index is 6.12. The summed E-state index contributed by atoms with van der Waals surface area (Å²) in [7, 11) is 3.16. The fourth-order valence-corrected chi connectivity index (χ4v) is 2.75. The largest absolute Gasteiger partial charge is 0.493 e. The second-order valence-corrected chi connectivity index (χ2v) is 5.73. The van der Waals surface area contributed by atoms with E-state index in [9.17, 15) is 0 Å². The Balaban J connectivity index is 2.07. The van der Waals surface area contributed by atoms with Gasteiger partial charge in [-0.3, -0.25) is 4.90 Å². The number of halogens is 1. The minimum Gasteiger partial charge on any atom is -0.493 e. The molecule has 2 aromatic carbocycles. The first kappa shape index (κ1) is 16.9. The Morgan fingerprint density at radius 1 is 1.00 bits per heavy atom. The van der Waals surface area contributed by atoms with Gasteiger partial charge in [-0.1, -0.05) is 17.7 Å². The standard InChI is InChI=1S/C17H18ClN5O2/c1-24-13-8-3-10(9-14(13)25-2)15-21-16(19)22-17(20)23(15)12-6-4-11(18)5-7-12/h3-9,15H,1-2H3,(H4,19,20,21,22)/t15-/m1/s1. The maximum atomic E-state index is 6.12. The van der Waals surface area contributed by atoms with Crippen molar-refractivity contribution in [3.8, 4) is 11.5 Å². The van der Waals surface area contributed by atoms with Crippen LogP contribution in [-0.2, 0) is 0 Å². The molecular weight excluding hydrogens is 342 g/mol. The Kier molecular flexibility index (Phi) is 4.67. The van der Waals surface area contributed by atoms with Crippen molar-refractivity contribution < 1.29 is 9.47 Å². The van der Waals surface area contributed by atoms with Gasteiger partial charge in [0.05, 0.1) is 14.2 Å². The molecule has 0 amide bonds. The molecule has 25 heavy (non-hydrogen) atoms. The topological polar surface area (TPSA) is 98.5 Å². The number of nitrogens with zero attached hydrogens (tertiary/aromatic N) is 3. The van der Waals surface area contributed by atoms with Crippen molar-refractivity contribution >= 4 is 29.2 Å². The Morgan fingerprint density at radius 2 is 1.68 bits per heavy atom. The Morgan fingerprint density at radius 3 is 2.32 bits per heavy atom. The summed E-state index contributed by atoms with van der Waals surface area (Å²) in [5.74, 6) is 1.57. The summed E-state index contributed by atoms with van der Waals surface area (Å²) in [6, 6.07) is 12.8. The molecule has 130 valence electrons. The van der Waals surface area contributed by atoms with Crippen molar-refractivity contribution in [2.24, 2.45) is 21.5 Å². The van der Waals surface area contributed by atoms with Crippen molar-refractivity contribution in [2.75, 3.05) is 19.1 Å². The molecular formula is C17H18ClN5O2. The van der Waals surface area contributed by atoms with Crippen LogP contribution in [0.15, 0.2) is 52.4 Å². The molecule has 3 rings (SSSR count). The molecule has 8 heteroatoms. The molecule has 0 radical (unpaired) electrons. The van der Waals surface area contributed by atoms with Gasteiger partial charge in [0.1, 0.15) is 0 Å². The van der Waals surface area contributed by atoms with E-state index in [1.165, 1.54) is 0 Å². The van der Waals surface area contributed by atoms with Crippen molar-refractivity contribution in [3.63, 3.8) is 0 Å². The summed E-state index contributed by atoms with van der Waals surface area (Å²) in [4.78, 5) is 10.3. The second kappa shape index (κ2) is 6.90. The molecule has 2 aromatic rings. The molecule has 1 aliphatic heterocycles. The van der Waals surface area contributed by atoms with Gasteiger partial charge in [-0.05, 0) is 36.4 Å². The summed E-state index contributed by atoms with van der Waals surface area (Å²) >= 11 is 5.98. The number of guanidine groups is 2. The quantitative estimate of drug-likeness (QED) is 0.873. The predicted octanol–water partition coefficient (Wildman–Crippen LogP) is 2.51. The lowest BCUT2D eigenvalue weighted by Crippen LogP contribution is -2.44. The zero-order valence-corrected chi connectivity index (χ0v) is 14.6. The molecule has 0 spiro atoms. The SMILES string of the molecule is COc1ccc([C@@H]2N=C(N)N=C(N)N2c2ccc(Cl)cc2)cc1OC. The third-order valence-corrected chi connectivity index (χ3v) is 4.04. The highest BCUT2D eigenvalue weighted by Gasteiger charge is 2.28. The van der Waals surface area contributed by atoms with Crippen molar-refractivity contribution in [1.29, 1.82) is 0 Å². The van der Waals surface area contributed by atoms with E-state index < -0.39 is 6.17 Å². The first-order chi connectivity index (χ1) is 12.0. The molecule has 0 aromatic heterocycles. The third kappa shape index (κ3) is 3.32. The molecule has 0 saturated heterocycles. The number of ether oxygens (including phenoxy) is 2. The van der Waals surface area contributed by atoms with E-state index in [0.717, 1.165) is 11.3 Å². The molecule has 0 bridgehead atoms. The van der Waals surface area contributed by atoms with E-state index in [1.807, 2.05) is 30.3 Å². The van der Waals surface area contributed by atoms with Crippen LogP contribution in [0.25, 0.3) is 0 Å². The zero-order chi connectivity index (χ0) is 18.0. The van der Waals surface area contributed by atoms with E-state index >= 15 is 0 Å². The van der Waals surface area contributed by atoms with Crippen LogP contribution in [0.2, 0.25) is 5.02 Å². The highest BCUT2D eigenvalue weighted by molar-refractivity contribution is 6.30. The van der Waals surface area contributed by atoms with Crippen LogP contribution in [0.1, 0.15) is 11.7 Å². The molecule has 4 N–H and O–H groups in total. The monoisotopic (exact) mass is 359 g/mol. The average Bonchev–Trinajstić information content (AvgIpc) is 2.61. The van der Waals surface area contributed by atoms with Gasteiger partial charge in [0.15, 0.2) is 17.7 Å². The van der Waals surface area contributed by atoms with Gasteiger partial charge >= 0.3 is 0 Å². The Labute approximate surface area is 150 Å². The van der Waals surface area contributed by atoms with E-state index in [0.29, 0.717) is 16.5 Å². The lowest BCUT2D eigenvalue weighted by molar-refractivity contribution is 0.354. The molecule has 1 aliphatic rings.